The summed E-state index contributed by atoms with van der Waals surface area (Å²) in [5.41, 5.74) is 0.738. The van der Waals surface area contributed by atoms with Crippen LogP contribution in [0.3, 0.4) is 0 Å². The van der Waals surface area contributed by atoms with Crippen molar-refractivity contribution in [1.82, 2.24) is 5.32 Å². The third-order valence-electron chi connectivity index (χ3n) is 3.32. The molecule has 0 saturated carbocycles. The smallest absolute Gasteiger partial charge is 0.154 e. The molecule has 2 rings (SSSR count). The van der Waals surface area contributed by atoms with Gasteiger partial charge in [-0.2, -0.15) is 0 Å². The van der Waals surface area contributed by atoms with Crippen molar-refractivity contribution in [2.75, 3.05) is 18.8 Å². The summed E-state index contributed by atoms with van der Waals surface area (Å²) in [7, 11) is -3.08. The number of halogens is 1. The van der Waals surface area contributed by atoms with Crippen LogP contribution in [0.4, 0.5) is 4.39 Å². The van der Waals surface area contributed by atoms with Crippen LogP contribution in [0.25, 0.3) is 0 Å². The molecule has 1 N–H and O–H groups in total. The Kier molecular flexibility index (Phi) is 4.35. The molecule has 1 heterocycles. The monoisotopic (exact) mass is 271 g/mol. The minimum Gasteiger partial charge on any atom is -0.315 e. The molecule has 0 spiro atoms. The summed E-state index contributed by atoms with van der Waals surface area (Å²) in [6.45, 7) is 1.45. The maximum atomic E-state index is 13.0. The highest BCUT2D eigenvalue weighted by molar-refractivity contribution is 7.92. The Labute approximate surface area is 107 Å². The van der Waals surface area contributed by atoms with Gasteiger partial charge < -0.3 is 5.32 Å². The second-order valence-electron chi connectivity index (χ2n) is 4.72. The lowest BCUT2D eigenvalue weighted by atomic mass is 10.2. The summed E-state index contributed by atoms with van der Waals surface area (Å²) in [5, 5.41) is 2.83. The lowest BCUT2D eigenvalue weighted by Crippen LogP contribution is -2.40. The summed E-state index contributed by atoms with van der Waals surface area (Å²) in [5.74, 6) is -0.216. The first-order valence-corrected chi connectivity index (χ1v) is 7.96. The van der Waals surface area contributed by atoms with E-state index in [2.05, 4.69) is 5.32 Å². The summed E-state index contributed by atoms with van der Waals surface area (Å²) in [6.07, 6.45) is 2.03. The van der Waals surface area contributed by atoms with Gasteiger partial charge in [-0.1, -0.05) is 12.1 Å². The van der Waals surface area contributed by atoms with Crippen LogP contribution in [0.15, 0.2) is 24.3 Å². The van der Waals surface area contributed by atoms with Crippen LogP contribution >= 0.6 is 0 Å². The molecule has 5 heteroatoms. The topological polar surface area (TPSA) is 46.2 Å². The number of hydrogen-bond acceptors (Lipinski definition) is 3. The predicted octanol–water partition coefficient (Wildman–Crippen LogP) is 1.54. The highest BCUT2D eigenvalue weighted by atomic mass is 32.2. The number of hydrogen-bond donors (Lipinski definition) is 1. The van der Waals surface area contributed by atoms with Crippen molar-refractivity contribution in [1.29, 1.82) is 0 Å². The maximum absolute atomic E-state index is 13.0. The Bertz CT molecular complexity index is 495. The van der Waals surface area contributed by atoms with Crippen molar-refractivity contribution in [3.05, 3.63) is 35.6 Å². The number of aryl methyl sites for hydroxylation is 1. The molecule has 18 heavy (non-hydrogen) atoms. The van der Waals surface area contributed by atoms with E-state index < -0.39 is 9.84 Å². The van der Waals surface area contributed by atoms with Gasteiger partial charge in [-0.05, 0) is 43.5 Å². The Balaban J connectivity index is 1.96. The second kappa shape index (κ2) is 5.80. The van der Waals surface area contributed by atoms with Crippen LogP contribution in [0.5, 0.6) is 0 Å². The van der Waals surface area contributed by atoms with Gasteiger partial charge in [0, 0.05) is 6.54 Å². The van der Waals surface area contributed by atoms with Crippen molar-refractivity contribution >= 4 is 9.84 Å². The van der Waals surface area contributed by atoms with Gasteiger partial charge in [0.15, 0.2) is 9.84 Å². The fraction of sp³-hybridized carbons (Fsp3) is 0.538. The molecule has 1 atom stereocenters. The van der Waals surface area contributed by atoms with Gasteiger partial charge >= 0.3 is 0 Å². The van der Waals surface area contributed by atoms with Crippen LogP contribution < -0.4 is 5.32 Å². The third-order valence-corrected chi connectivity index (χ3v) is 5.52. The van der Waals surface area contributed by atoms with Crippen molar-refractivity contribution in [3.63, 3.8) is 0 Å². The summed E-state index contributed by atoms with van der Waals surface area (Å²) >= 11 is 0. The minimum atomic E-state index is -3.08. The molecular weight excluding hydrogens is 253 g/mol. The first-order valence-electron chi connectivity index (χ1n) is 6.25. The van der Waals surface area contributed by atoms with E-state index in [1.807, 2.05) is 0 Å². The average Bonchev–Trinajstić information content (AvgIpc) is 2.38. The van der Waals surface area contributed by atoms with Gasteiger partial charge in [-0.25, -0.2) is 12.8 Å². The molecule has 1 unspecified atom stereocenters. The van der Waals surface area contributed by atoms with Gasteiger partial charge in [0.1, 0.15) is 5.82 Å². The number of benzene rings is 1. The minimum absolute atomic E-state index is 0.100. The predicted molar refractivity (Wildman–Crippen MR) is 69.8 cm³/mol. The largest absolute Gasteiger partial charge is 0.315 e. The third kappa shape index (κ3) is 3.53. The zero-order valence-corrected chi connectivity index (χ0v) is 11.0. The fourth-order valence-electron chi connectivity index (χ4n) is 2.25. The van der Waals surface area contributed by atoms with Crippen molar-refractivity contribution in [2.45, 2.75) is 24.5 Å². The van der Waals surface area contributed by atoms with Gasteiger partial charge in [-0.3, -0.25) is 0 Å². The zero-order chi connectivity index (χ0) is 13.0. The molecule has 1 aliphatic heterocycles. The van der Waals surface area contributed by atoms with Crippen LogP contribution in [-0.2, 0) is 16.3 Å². The first-order chi connectivity index (χ1) is 8.58. The molecule has 1 aliphatic rings. The molecule has 100 valence electrons. The lowest BCUT2D eigenvalue weighted by molar-refractivity contribution is 0.496. The highest BCUT2D eigenvalue weighted by Gasteiger charge is 2.26. The van der Waals surface area contributed by atoms with E-state index in [0.29, 0.717) is 13.0 Å². The Morgan fingerprint density at radius 1 is 1.39 bits per heavy atom. The summed E-state index contributed by atoms with van der Waals surface area (Å²) in [4.78, 5) is 0. The van der Waals surface area contributed by atoms with E-state index in [0.717, 1.165) is 24.9 Å². The molecule has 0 aliphatic carbocycles. The van der Waals surface area contributed by atoms with Crippen LogP contribution in [0.1, 0.15) is 18.4 Å². The molecule has 0 bridgehead atoms. The molecule has 1 saturated heterocycles. The van der Waals surface area contributed by atoms with Gasteiger partial charge in [0.05, 0.1) is 11.0 Å². The summed E-state index contributed by atoms with van der Waals surface area (Å²) in [6, 6.07) is 6.13. The molecule has 0 aromatic heterocycles. The second-order valence-corrected chi connectivity index (χ2v) is 7.12. The van der Waals surface area contributed by atoms with E-state index in [1.54, 1.807) is 12.1 Å². The van der Waals surface area contributed by atoms with E-state index in [9.17, 15) is 12.8 Å². The number of rotatable bonds is 4. The van der Waals surface area contributed by atoms with E-state index in [1.165, 1.54) is 12.1 Å². The van der Waals surface area contributed by atoms with Crippen molar-refractivity contribution in [2.24, 2.45) is 0 Å². The van der Waals surface area contributed by atoms with Gasteiger partial charge in [0.2, 0.25) is 0 Å². The average molecular weight is 271 g/mol. The van der Waals surface area contributed by atoms with E-state index in [4.69, 9.17) is 0 Å². The Hall–Kier alpha value is -0.940. The molecule has 1 aromatic carbocycles. The molecule has 0 radical (unpaired) electrons. The highest BCUT2D eigenvalue weighted by Crippen LogP contribution is 2.14. The SMILES string of the molecule is O=S(=O)(CCc1cccc(F)c1)C1CCCNC1. The standard InChI is InChI=1S/C13H18FNO2S/c14-12-4-1-3-11(9-12)6-8-18(16,17)13-5-2-7-15-10-13/h1,3-4,9,13,15H,2,5-8,10H2. The quantitative estimate of drug-likeness (QED) is 0.903. The van der Waals surface area contributed by atoms with E-state index >= 15 is 0 Å². The Morgan fingerprint density at radius 3 is 2.89 bits per heavy atom. The van der Waals surface area contributed by atoms with Crippen LogP contribution in [0, 0.1) is 5.82 Å². The van der Waals surface area contributed by atoms with Gasteiger partial charge in [-0.15, -0.1) is 0 Å². The molecule has 1 fully saturated rings. The molecule has 3 nitrogen and oxygen atoms in total. The van der Waals surface area contributed by atoms with Crippen molar-refractivity contribution in [3.8, 4) is 0 Å². The summed E-state index contributed by atoms with van der Waals surface area (Å²) < 4.78 is 37.2. The lowest BCUT2D eigenvalue weighted by Gasteiger charge is -2.22. The zero-order valence-electron chi connectivity index (χ0n) is 10.2. The molecule has 0 amide bonds. The number of sulfone groups is 1. The fourth-order valence-corrected chi connectivity index (χ4v) is 4.00. The Morgan fingerprint density at radius 2 is 2.22 bits per heavy atom. The number of nitrogens with one attached hydrogen (secondary N) is 1. The normalized spacial score (nSPS) is 20.8. The number of piperidine rings is 1. The molecular formula is C13H18FNO2S. The maximum Gasteiger partial charge on any atom is 0.154 e. The first kappa shape index (κ1) is 13.5. The van der Waals surface area contributed by atoms with Crippen LogP contribution in [-0.4, -0.2) is 32.5 Å². The van der Waals surface area contributed by atoms with Crippen molar-refractivity contribution < 1.29 is 12.8 Å². The van der Waals surface area contributed by atoms with Gasteiger partial charge in [0.25, 0.3) is 0 Å². The molecule has 1 aromatic rings. The van der Waals surface area contributed by atoms with E-state index in [-0.39, 0.29) is 16.8 Å². The van der Waals surface area contributed by atoms with Crippen LogP contribution in [0.2, 0.25) is 0 Å².